The van der Waals surface area contributed by atoms with E-state index in [4.69, 9.17) is 0 Å². The zero-order chi connectivity index (χ0) is 29.1. The summed E-state index contributed by atoms with van der Waals surface area (Å²) in [6, 6.07) is 5.20. The maximum atomic E-state index is 2.60. The Kier molecular flexibility index (Phi) is 25.2. The van der Waals surface area contributed by atoms with Crippen molar-refractivity contribution < 1.29 is 0 Å². The largest absolute Gasteiger partial charge is 0.0654 e. The Hall–Kier alpha value is -0.780. The van der Waals surface area contributed by atoms with Gasteiger partial charge in [0.15, 0.2) is 0 Å². The van der Waals surface area contributed by atoms with Gasteiger partial charge >= 0.3 is 0 Å². The summed E-state index contributed by atoms with van der Waals surface area (Å²) in [5, 5.41) is 0. The minimum Gasteiger partial charge on any atom is -0.0654 e. The molecule has 0 N–H and O–H groups in total. The van der Waals surface area contributed by atoms with Gasteiger partial charge in [-0.15, -0.1) is 0 Å². The quantitative estimate of drug-likeness (QED) is 0.0864. The van der Waals surface area contributed by atoms with Gasteiger partial charge in [0.1, 0.15) is 0 Å². The average Bonchev–Trinajstić information content (AvgIpc) is 2.96. The molecule has 0 saturated heterocycles. The van der Waals surface area contributed by atoms with Crippen LogP contribution in [0.4, 0.5) is 0 Å². The second-order valence-electron chi connectivity index (χ2n) is 13.3. The summed E-state index contributed by atoms with van der Waals surface area (Å²) >= 11 is 0. The molecule has 0 saturated carbocycles. The van der Waals surface area contributed by atoms with Crippen LogP contribution in [-0.4, -0.2) is 0 Å². The molecule has 0 amide bonds. The Morgan fingerprint density at radius 2 is 0.775 bits per heavy atom. The number of unbranched alkanes of at least 4 members (excludes halogenated alkanes) is 20. The molecule has 0 heterocycles. The van der Waals surface area contributed by atoms with Crippen LogP contribution in [0.25, 0.3) is 0 Å². The Balaban J connectivity index is 3.00. The van der Waals surface area contributed by atoms with Gasteiger partial charge in [0.05, 0.1) is 0 Å². The van der Waals surface area contributed by atoms with Crippen LogP contribution >= 0.6 is 0 Å². The molecule has 0 spiro atoms. The van der Waals surface area contributed by atoms with Gasteiger partial charge in [0, 0.05) is 0 Å². The predicted molar refractivity (Wildman–Crippen MR) is 184 cm³/mol. The zero-order valence-corrected chi connectivity index (χ0v) is 28.5. The summed E-state index contributed by atoms with van der Waals surface area (Å²) in [5.74, 6) is 0.715. The summed E-state index contributed by atoms with van der Waals surface area (Å²) < 4.78 is 0. The molecule has 0 aliphatic heterocycles. The van der Waals surface area contributed by atoms with Gasteiger partial charge in [-0.25, -0.2) is 0 Å². The third-order valence-electron chi connectivity index (χ3n) is 9.45. The van der Waals surface area contributed by atoms with Crippen LogP contribution < -0.4 is 0 Å². The standard InChI is InChI=1S/C40H74/c1-6-10-14-18-22-26-30-36(5)38-35-34-37(31-27-23-19-15-11-7-2)39(32-28-24-20-16-12-8-3)40(38)33-29-25-21-17-13-9-4/h34-36H,6-33H2,1-5H3. The highest BCUT2D eigenvalue weighted by atomic mass is 14.2. The first-order valence-corrected chi connectivity index (χ1v) is 18.8. The van der Waals surface area contributed by atoms with Gasteiger partial charge in [-0.3, -0.25) is 0 Å². The Labute approximate surface area is 254 Å². The van der Waals surface area contributed by atoms with E-state index in [1.165, 1.54) is 180 Å². The highest BCUT2D eigenvalue weighted by molar-refractivity contribution is 5.43. The minimum atomic E-state index is 0.715. The van der Waals surface area contributed by atoms with E-state index in [2.05, 4.69) is 46.8 Å². The van der Waals surface area contributed by atoms with Gasteiger partial charge in [0.25, 0.3) is 0 Å². The lowest BCUT2D eigenvalue weighted by molar-refractivity contribution is 0.551. The van der Waals surface area contributed by atoms with E-state index in [0.717, 1.165) is 0 Å². The number of hydrogen-bond acceptors (Lipinski definition) is 0. The third kappa shape index (κ3) is 17.9. The first-order valence-electron chi connectivity index (χ1n) is 18.8. The molecule has 40 heavy (non-hydrogen) atoms. The van der Waals surface area contributed by atoms with Gasteiger partial charge in [-0.1, -0.05) is 182 Å². The molecule has 234 valence electrons. The second-order valence-corrected chi connectivity index (χ2v) is 13.3. The summed E-state index contributed by atoms with van der Waals surface area (Å²) in [4.78, 5) is 0. The summed E-state index contributed by atoms with van der Waals surface area (Å²) in [7, 11) is 0. The van der Waals surface area contributed by atoms with E-state index in [9.17, 15) is 0 Å². The Morgan fingerprint density at radius 1 is 0.400 bits per heavy atom. The van der Waals surface area contributed by atoms with Crippen molar-refractivity contribution in [3.8, 4) is 0 Å². The lowest BCUT2D eigenvalue weighted by atomic mass is 9.82. The smallest absolute Gasteiger partial charge is 0.0188 e. The van der Waals surface area contributed by atoms with E-state index in [-0.39, 0.29) is 0 Å². The fourth-order valence-electron chi connectivity index (χ4n) is 6.71. The lowest BCUT2D eigenvalue weighted by Gasteiger charge is -2.23. The fourth-order valence-corrected chi connectivity index (χ4v) is 6.71. The molecule has 0 radical (unpaired) electrons. The van der Waals surface area contributed by atoms with Crippen molar-refractivity contribution in [2.24, 2.45) is 0 Å². The molecule has 0 aliphatic rings. The molecular weight excluding hydrogens is 480 g/mol. The molecule has 1 aromatic rings. The lowest BCUT2D eigenvalue weighted by Crippen LogP contribution is -2.09. The molecule has 1 rings (SSSR count). The van der Waals surface area contributed by atoms with Gasteiger partial charge in [-0.2, -0.15) is 0 Å². The van der Waals surface area contributed by atoms with Crippen LogP contribution in [0.15, 0.2) is 12.1 Å². The fraction of sp³-hybridized carbons (Fsp3) is 0.850. The molecule has 0 fully saturated rings. The van der Waals surface area contributed by atoms with E-state index in [0.29, 0.717) is 5.92 Å². The Bertz CT molecular complexity index is 671. The van der Waals surface area contributed by atoms with Crippen molar-refractivity contribution in [3.05, 3.63) is 34.4 Å². The summed E-state index contributed by atoms with van der Waals surface area (Å²) in [5.41, 5.74) is 7.08. The third-order valence-corrected chi connectivity index (χ3v) is 9.45. The number of benzene rings is 1. The maximum absolute atomic E-state index is 2.60. The first-order chi connectivity index (χ1) is 19.7. The maximum Gasteiger partial charge on any atom is -0.0188 e. The highest BCUT2D eigenvalue weighted by Gasteiger charge is 2.17. The van der Waals surface area contributed by atoms with Gasteiger partial charge in [0.2, 0.25) is 0 Å². The monoisotopic (exact) mass is 555 g/mol. The molecule has 1 aromatic carbocycles. The van der Waals surface area contributed by atoms with Crippen molar-refractivity contribution in [3.63, 3.8) is 0 Å². The predicted octanol–water partition coefficient (Wildman–Crippen LogP) is 14.2. The molecule has 0 bridgehead atoms. The topological polar surface area (TPSA) is 0 Å². The SMILES string of the molecule is CCCCCCCCc1ccc(C(C)CCCCCCCC)c(CCCCCCCC)c1CCCCCCCC. The minimum absolute atomic E-state index is 0.715. The van der Waals surface area contributed by atoms with Crippen molar-refractivity contribution in [2.75, 3.05) is 0 Å². The van der Waals surface area contributed by atoms with Crippen LogP contribution in [0.2, 0.25) is 0 Å². The van der Waals surface area contributed by atoms with Crippen molar-refractivity contribution in [1.29, 1.82) is 0 Å². The summed E-state index contributed by atoms with van der Waals surface area (Å²) in [6.07, 6.45) is 39.1. The average molecular weight is 555 g/mol. The number of hydrogen-bond donors (Lipinski definition) is 0. The van der Waals surface area contributed by atoms with E-state index in [1.54, 1.807) is 11.1 Å². The molecule has 0 heteroatoms. The molecule has 0 nitrogen and oxygen atoms in total. The van der Waals surface area contributed by atoms with Crippen LogP contribution in [0.1, 0.15) is 223 Å². The molecule has 1 unspecified atom stereocenters. The zero-order valence-electron chi connectivity index (χ0n) is 28.5. The number of rotatable bonds is 29. The van der Waals surface area contributed by atoms with Gasteiger partial charge < -0.3 is 0 Å². The highest BCUT2D eigenvalue weighted by Crippen LogP contribution is 2.33. The summed E-state index contributed by atoms with van der Waals surface area (Å²) in [6.45, 7) is 11.9. The van der Waals surface area contributed by atoms with E-state index in [1.807, 2.05) is 11.1 Å². The molecular formula is C40H74. The van der Waals surface area contributed by atoms with E-state index < -0.39 is 0 Å². The van der Waals surface area contributed by atoms with Crippen LogP contribution in [0.3, 0.4) is 0 Å². The molecule has 1 atom stereocenters. The van der Waals surface area contributed by atoms with Crippen molar-refractivity contribution in [2.45, 2.75) is 220 Å². The normalized spacial score (nSPS) is 12.3. The first kappa shape index (κ1) is 37.2. The van der Waals surface area contributed by atoms with Crippen LogP contribution in [0, 0.1) is 0 Å². The van der Waals surface area contributed by atoms with E-state index >= 15 is 0 Å². The van der Waals surface area contributed by atoms with Crippen molar-refractivity contribution in [1.82, 2.24) is 0 Å². The van der Waals surface area contributed by atoms with Crippen LogP contribution in [0.5, 0.6) is 0 Å². The van der Waals surface area contributed by atoms with Gasteiger partial charge in [-0.05, 0) is 73.1 Å². The molecule has 0 aliphatic carbocycles. The van der Waals surface area contributed by atoms with Crippen LogP contribution in [-0.2, 0) is 19.3 Å². The molecule has 0 aromatic heterocycles. The Morgan fingerprint density at radius 3 is 1.25 bits per heavy atom. The number of aryl methyl sites for hydroxylation is 1. The second kappa shape index (κ2) is 27.1. The van der Waals surface area contributed by atoms with Crippen molar-refractivity contribution >= 4 is 0 Å².